The summed E-state index contributed by atoms with van der Waals surface area (Å²) < 4.78 is 10.1. The van der Waals surface area contributed by atoms with Crippen LogP contribution in [0.25, 0.3) is 0 Å². The number of carbonyl (C=O) groups is 7. The van der Waals surface area contributed by atoms with Crippen molar-refractivity contribution in [2.24, 2.45) is 5.92 Å². The number of nitro groups is 1. The highest BCUT2D eigenvalue weighted by Gasteiger charge is 2.29. The van der Waals surface area contributed by atoms with E-state index in [1.807, 2.05) is 0 Å². The van der Waals surface area contributed by atoms with Gasteiger partial charge in [0.1, 0.15) is 24.4 Å². The first-order chi connectivity index (χ1) is 25.2. The van der Waals surface area contributed by atoms with Gasteiger partial charge in [0.15, 0.2) is 0 Å². The lowest BCUT2D eigenvalue weighted by Crippen LogP contribution is -2.63. The Labute approximate surface area is 304 Å². The monoisotopic (exact) mass is 738 g/mol. The molecule has 2 aromatic carbocycles. The highest BCUT2D eigenvalue weighted by Crippen LogP contribution is 2.18. The van der Waals surface area contributed by atoms with E-state index in [0.29, 0.717) is 36.9 Å². The summed E-state index contributed by atoms with van der Waals surface area (Å²) in [6, 6.07) is 8.74. The summed E-state index contributed by atoms with van der Waals surface area (Å²) in [4.78, 5) is 97.5. The standard InChI is InChI=1S/C35H43N7O11/c1-22(2)31(40-28(43)8-4-3-5-20-41-29(44)17-18-30(41)45)33(47)39-27(7-6-19-37-34(36)48)32(46)38-24-11-9-23(10-12-24)21-52-35(49)53-26-15-13-25(14-16-26)42(50)51/h9-18,22,27,31H,3-8,19-21H2,1-2H3,(H,38,46)(H,39,47)(H,40,43)(H3,36,37,48)/p+1/t27-,31-/m0/s1. The van der Waals surface area contributed by atoms with Gasteiger partial charge in [0.25, 0.3) is 17.5 Å². The summed E-state index contributed by atoms with van der Waals surface area (Å²) in [7, 11) is 0. The number of non-ortho nitro benzene ring substituents is 1. The van der Waals surface area contributed by atoms with Gasteiger partial charge in [0.2, 0.25) is 17.7 Å². The summed E-state index contributed by atoms with van der Waals surface area (Å²) in [6.07, 6.45) is 3.60. The average molecular weight is 739 g/mol. The lowest BCUT2D eigenvalue weighted by molar-refractivity contribution is -0.384. The van der Waals surface area contributed by atoms with Crippen molar-refractivity contribution < 1.29 is 53.7 Å². The van der Waals surface area contributed by atoms with Gasteiger partial charge in [-0.3, -0.25) is 44.7 Å². The van der Waals surface area contributed by atoms with E-state index >= 15 is 0 Å². The van der Waals surface area contributed by atoms with Crippen LogP contribution in [0.3, 0.4) is 0 Å². The lowest BCUT2D eigenvalue weighted by atomic mass is 10.0. The molecule has 0 unspecified atom stereocenters. The van der Waals surface area contributed by atoms with Crippen molar-refractivity contribution in [1.82, 2.24) is 20.9 Å². The largest absolute Gasteiger partial charge is 0.514 e. The number of nitrogens with zero attached hydrogens (tertiary/aromatic N) is 2. The molecule has 53 heavy (non-hydrogen) atoms. The molecule has 2 atom stereocenters. The maximum Gasteiger partial charge on any atom is 0.514 e. The van der Waals surface area contributed by atoms with E-state index in [-0.39, 0.29) is 67.6 Å². The van der Waals surface area contributed by atoms with Crippen molar-refractivity contribution in [1.29, 1.82) is 0 Å². The van der Waals surface area contributed by atoms with Crippen LogP contribution >= 0.6 is 0 Å². The Morgan fingerprint density at radius 2 is 1.53 bits per heavy atom. The van der Waals surface area contributed by atoms with Gasteiger partial charge in [-0.05, 0) is 61.4 Å². The van der Waals surface area contributed by atoms with Crippen molar-refractivity contribution >= 4 is 53.1 Å². The number of benzene rings is 2. The van der Waals surface area contributed by atoms with Crippen LogP contribution in [-0.4, -0.2) is 76.7 Å². The third-order valence-electron chi connectivity index (χ3n) is 7.90. The van der Waals surface area contributed by atoms with E-state index in [0.717, 1.165) is 4.90 Å². The molecule has 2 aromatic rings. The Morgan fingerprint density at radius 3 is 2.13 bits per heavy atom. The van der Waals surface area contributed by atoms with Crippen LogP contribution < -0.4 is 31.7 Å². The number of nitrogens with one attached hydrogen (secondary N) is 4. The zero-order valence-corrected chi connectivity index (χ0v) is 29.5. The molecular weight excluding hydrogens is 694 g/mol. The predicted molar refractivity (Wildman–Crippen MR) is 188 cm³/mol. The second-order valence-electron chi connectivity index (χ2n) is 12.4. The Hall–Kier alpha value is -6.17. The molecule has 1 aliphatic rings. The smallest absolute Gasteiger partial charge is 0.429 e. The number of unbranched alkanes of at least 4 members (excludes halogenated alkanes) is 2. The molecule has 18 heteroatoms. The highest BCUT2D eigenvalue weighted by atomic mass is 16.7. The fraction of sp³-hybridized carbons (Fsp3) is 0.400. The number of quaternary nitrogens is 1. The molecule has 0 radical (unpaired) electrons. The number of urea groups is 1. The summed E-state index contributed by atoms with van der Waals surface area (Å²) in [5.41, 5.74) is 4.02. The van der Waals surface area contributed by atoms with Gasteiger partial charge in [-0.15, -0.1) is 0 Å². The summed E-state index contributed by atoms with van der Waals surface area (Å²) >= 11 is 0. The molecule has 0 saturated heterocycles. The molecule has 0 saturated carbocycles. The summed E-state index contributed by atoms with van der Waals surface area (Å²) in [5.74, 6) is -2.46. The number of anilines is 1. The van der Waals surface area contributed by atoms with Crippen molar-refractivity contribution in [2.45, 2.75) is 71.1 Å². The molecule has 0 bridgehead atoms. The molecule has 7 amide bonds. The SMILES string of the molecule is CC(C)[C@H](NC(=O)CCCCCN1C(=O)C=CC1=O)C(=O)N[C@@H](CCCNC([NH3+])=O)C(=O)Nc1ccc(COC(=O)Oc2ccc([N+](=O)[O-])cc2)cc1. The van der Waals surface area contributed by atoms with Crippen LogP contribution in [0.4, 0.5) is 21.0 Å². The normalized spacial score (nSPS) is 13.2. The molecule has 0 aromatic heterocycles. The van der Waals surface area contributed by atoms with Crippen molar-refractivity contribution in [3.8, 4) is 5.75 Å². The minimum Gasteiger partial charge on any atom is -0.429 e. The minimum atomic E-state index is -1.04. The zero-order valence-electron chi connectivity index (χ0n) is 29.5. The van der Waals surface area contributed by atoms with Crippen LogP contribution in [0, 0.1) is 16.0 Å². The van der Waals surface area contributed by atoms with Crippen molar-refractivity contribution in [3.05, 3.63) is 76.4 Å². The number of carbonyl (C=O) groups excluding carboxylic acids is 7. The van der Waals surface area contributed by atoms with E-state index < -0.39 is 41.0 Å². The number of amides is 7. The Balaban J connectivity index is 1.52. The molecule has 18 nitrogen and oxygen atoms in total. The number of rotatable bonds is 20. The fourth-order valence-corrected chi connectivity index (χ4v) is 5.05. The third-order valence-corrected chi connectivity index (χ3v) is 7.90. The molecule has 0 spiro atoms. The number of imide groups is 1. The molecular formula is C35H44N7O11+. The number of nitro benzene ring substituents is 1. The van der Waals surface area contributed by atoms with Gasteiger partial charge >= 0.3 is 12.2 Å². The van der Waals surface area contributed by atoms with Gasteiger partial charge in [-0.1, -0.05) is 32.4 Å². The highest BCUT2D eigenvalue weighted by molar-refractivity contribution is 6.12. The first-order valence-corrected chi connectivity index (χ1v) is 17.0. The van der Waals surface area contributed by atoms with Gasteiger partial charge in [0, 0.05) is 49.5 Å². The predicted octanol–water partition coefficient (Wildman–Crippen LogP) is 2.09. The average Bonchev–Trinajstić information content (AvgIpc) is 3.43. The third kappa shape index (κ3) is 14.2. The van der Waals surface area contributed by atoms with E-state index in [9.17, 15) is 43.7 Å². The zero-order chi connectivity index (χ0) is 38.9. The maximum absolute atomic E-state index is 13.4. The van der Waals surface area contributed by atoms with Gasteiger partial charge in [0.05, 0.1) is 4.92 Å². The quantitative estimate of drug-likeness (QED) is 0.0328. The van der Waals surface area contributed by atoms with Crippen LogP contribution in [0.1, 0.15) is 57.9 Å². The molecule has 284 valence electrons. The van der Waals surface area contributed by atoms with E-state index in [1.54, 1.807) is 38.1 Å². The van der Waals surface area contributed by atoms with Gasteiger partial charge in [-0.2, -0.15) is 0 Å². The topological polar surface area (TPSA) is 260 Å². The minimum absolute atomic E-state index is 0.0639. The Morgan fingerprint density at radius 1 is 0.868 bits per heavy atom. The van der Waals surface area contributed by atoms with Gasteiger partial charge in [-0.25, -0.2) is 9.59 Å². The molecule has 3 rings (SSSR count). The van der Waals surface area contributed by atoms with Gasteiger partial charge < -0.3 is 30.7 Å². The number of hydrogen-bond acceptors (Lipinski definition) is 11. The Kier molecular flexibility index (Phi) is 16.1. The summed E-state index contributed by atoms with van der Waals surface area (Å²) in [6.45, 7) is 3.81. The molecule has 0 fully saturated rings. The first-order valence-electron chi connectivity index (χ1n) is 17.0. The molecule has 1 heterocycles. The molecule has 1 aliphatic heterocycles. The summed E-state index contributed by atoms with van der Waals surface area (Å²) in [5, 5.41) is 21.5. The molecule has 0 aliphatic carbocycles. The van der Waals surface area contributed by atoms with Crippen molar-refractivity contribution in [3.63, 3.8) is 0 Å². The second kappa shape index (κ2) is 20.6. The van der Waals surface area contributed by atoms with Crippen molar-refractivity contribution in [2.75, 3.05) is 18.4 Å². The Bertz CT molecular complexity index is 1660. The van der Waals surface area contributed by atoms with E-state index in [1.165, 1.54) is 36.4 Å². The van der Waals surface area contributed by atoms with E-state index in [2.05, 4.69) is 27.0 Å². The number of hydrogen-bond donors (Lipinski definition) is 5. The maximum atomic E-state index is 13.4. The van der Waals surface area contributed by atoms with Crippen LogP contribution in [0.2, 0.25) is 0 Å². The van der Waals surface area contributed by atoms with Crippen LogP contribution in [-0.2, 0) is 35.3 Å². The second-order valence-corrected chi connectivity index (χ2v) is 12.4. The van der Waals surface area contributed by atoms with E-state index in [4.69, 9.17) is 9.47 Å². The number of ether oxygens (including phenoxy) is 2. The first kappa shape index (κ1) is 41.3. The molecule has 7 N–H and O–H groups in total. The lowest BCUT2D eigenvalue weighted by Gasteiger charge is -2.25. The van der Waals surface area contributed by atoms with Crippen LogP contribution in [0.5, 0.6) is 5.75 Å². The van der Waals surface area contributed by atoms with Crippen LogP contribution in [0.15, 0.2) is 60.7 Å². The fourth-order valence-electron chi connectivity index (χ4n) is 5.05.